The highest BCUT2D eigenvalue weighted by molar-refractivity contribution is 5.20. The summed E-state index contributed by atoms with van der Waals surface area (Å²) < 4.78 is 43.4. The monoisotopic (exact) mass is 221 g/mol. The molecule has 0 aliphatic carbocycles. The van der Waals surface area contributed by atoms with Crippen LogP contribution >= 0.6 is 0 Å². The fourth-order valence-electron chi connectivity index (χ4n) is 1.29. The maximum Gasteiger partial charge on any atom is 0.410 e. The van der Waals surface area contributed by atoms with Crippen LogP contribution in [0, 0.1) is 0 Å². The molecule has 86 valence electrons. The number of furan rings is 1. The molecule has 15 heavy (non-hydrogen) atoms. The fourth-order valence-corrected chi connectivity index (χ4v) is 1.29. The fraction of sp³-hybridized carbons (Fsp3) is 0.600. The molecule has 1 aromatic rings. The Bertz CT molecular complexity index is 294. The molecule has 2 nitrogen and oxygen atoms in total. The van der Waals surface area contributed by atoms with E-state index in [-0.39, 0.29) is 5.56 Å². The van der Waals surface area contributed by atoms with Crippen LogP contribution in [0.4, 0.5) is 13.2 Å². The zero-order valence-electron chi connectivity index (χ0n) is 8.69. The molecule has 1 unspecified atom stereocenters. The van der Waals surface area contributed by atoms with Gasteiger partial charge in [0.2, 0.25) is 0 Å². The lowest BCUT2D eigenvalue weighted by molar-refractivity contribution is -0.195. The van der Waals surface area contributed by atoms with Crippen molar-refractivity contribution in [2.75, 3.05) is 6.54 Å². The molecule has 0 fully saturated rings. The number of nitrogens with one attached hydrogen (secondary N) is 1. The van der Waals surface area contributed by atoms with Gasteiger partial charge in [0.1, 0.15) is 5.54 Å². The van der Waals surface area contributed by atoms with E-state index < -0.39 is 11.7 Å². The van der Waals surface area contributed by atoms with Crippen molar-refractivity contribution in [3.63, 3.8) is 0 Å². The third-order valence-electron chi connectivity index (χ3n) is 2.39. The molecule has 1 atom stereocenters. The maximum absolute atomic E-state index is 12.9. The Hall–Kier alpha value is -0.970. The Morgan fingerprint density at radius 2 is 2.07 bits per heavy atom. The molecule has 0 saturated carbocycles. The minimum absolute atomic E-state index is 0.100. The predicted molar refractivity (Wildman–Crippen MR) is 50.4 cm³/mol. The molecule has 0 aliphatic rings. The second-order valence-electron chi connectivity index (χ2n) is 3.56. The van der Waals surface area contributed by atoms with E-state index in [0.29, 0.717) is 13.0 Å². The van der Waals surface area contributed by atoms with Crippen LogP contribution in [0.2, 0.25) is 0 Å². The van der Waals surface area contributed by atoms with Gasteiger partial charge in [-0.2, -0.15) is 13.2 Å². The van der Waals surface area contributed by atoms with Gasteiger partial charge in [0, 0.05) is 5.56 Å². The SMILES string of the molecule is CCCNC(C)(c1ccoc1)C(F)(F)F. The van der Waals surface area contributed by atoms with Crippen LogP contribution in [0.5, 0.6) is 0 Å². The normalized spacial score (nSPS) is 16.3. The Labute approximate surface area is 86.5 Å². The van der Waals surface area contributed by atoms with Gasteiger partial charge in [-0.05, 0) is 26.0 Å². The van der Waals surface area contributed by atoms with E-state index in [2.05, 4.69) is 5.32 Å². The van der Waals surface area contributed by atoms with Gasteiger partial charge in [0.05, 0.1) is 12.5 Å². The van der Waals surface area contributed by atoms with Crippen LogP contribution < -0.4 is 5.32 Å². The largest absolute Gasteiger partial charge is 0.472 e. The summed E-state index contributed by atoms with van der Waals surface area (Å²) in [6.45, 7) is 3.24. The zero-order chi connectivity index (χ0) is 11.5. The summed E-state index contributed by atoms with van der Waals surface area (Å²) in [7, 11) is 0. The van der Waals surface area contributed by atoms with E-state index >= 15 is 0 Å². The third-order valence-corrected chi connectivity index (χ3v) is 2.39. The molecular formula is C10H14F3NO. The van der Waals surface area contributed by atoms with Gasteiger partial charge in [-0.3, -0.25) is 0 Å². The summed E-state index contributed by atoms with van der Waals surface area (Å²) in [4.78, 5) is 0. The van der Waals surface area contributed by atoms with Gasteiger partial charge >= 0.3 is 6.18 Å². The summed E-state index contributed by atoms with van der Waals surface area (Å²) in [5.41, 5.74) is -1.93. The quantitative estimate of drug-likeness (QED) is 0.845. The Morgan fingerprint density at radius 3 is 2.47 bits per heavy atom. The number of rotatable bonds is 4. The van der Waals surface area contributed by atoms with Crippen LogP contribution in [0.25, 0.3) is 0 Å². The summed E-state index contributed by atoms with van der Waals surface area (Å²) in [5, 5.41) is 2.50. The molecule has 1 heterocycles. The lowest BCUT2D eigenvalue weighted by Gasteiger charge is -2.32. The highest BCUT2D eigenvalue weighted by Crippen LogP contribution is 2.38. The van der Waals surface area contributed by atoms with Gasteiger partial charge < -0.3 is 9.73 Å². The van der Waals surface area contributed by atoms with E-state index in [1.807, 2.05) is 6.92 Å². The first-order valence-electron chi connectivity index (χ1n) is 4.76. The van der Waals surface area contributed by atoms with Crippen molar-refractivity contribution in [1.82, 2.24) is 5.32 Å². The second-order valence-corrected chi connectivity index (χ2v) is 3.56. The predicted octanol–water partition coefficient (Wildman–Crippen LogP) is 3.06. The number of alkyl halides is 3. The van der Waals surface area contributed by atoms with Crippen LogP contribution in [0.1, 0.15) is 25.8 Å². The van der Waals surface area contributed by atoms with Crippen LogP contribution in [-0.2, 0) is 5.54 Å². The molecule has 0 saturated heterocycles. The van der Waals surface area contributed by atoms with Crippen molar-refractivity contribution >= 4 is 0 Å². The molecule has 1 N–H and O–H groups in total. The first-order chi connectivity index (χ1) is 6.92. The van der Waals surface area contributed by atoms with E-state index in [0.717, 1.165) is 13.2 Å². The van der Waals surface area contributed by atoms with Crippen molar-refractivity contribution in [3.05, 3.63) is 24.2 Å². The number of hydrogen-bond acceptors (Lipinski definition) is 2. The first-order valence-corrected chi connectivity index (χ1v) is 4.76. The van der Waals surface area contributed by atoms with Crippen molar-refractivity contribution in [2.45, 2.75) is 32.0 Å². The van der Waals surface area contributed by atoms with E-state index in [1.165, 1.54) is 12.3 Å². The standard InChI is InChI=1S/C10H14F3NO/c1-3-5-14-9(2,10(11,12)13)8-4-6-15-7-8/h4,6-7,14H,3,5H2,1-2H3. The maximum atomic E-state index is 12.9. The van der Waals surface area contributed by atoms with Crippen molar-refractivity contribution in [1.29, 1.82) is 0 Å². The lowest BCUT2D eigenvalue weighted by Crippen LogP contribution is -2.51. The van der Waals surface area contributed by atoms with Crippen molar-refractivity contribution in [2.24, 2.45) is 0 Å². The summed E-state index contributed by atoms with van der Waals surface area (Å²) in [5.74, 6) is 0. The lowest BCUT2D eigenvalue weighted by atomic mass is 9.93. The van der Waals surface area contributed by atoms with Gasteiger partial charge in [-0.15, -0.1) is 0 Å². The molecular weight excluding hydrogens is 207 g/mol. The third kappa shape index (κ3) is 2.34. The van der Waals surface area contributed by atoms with Crippen LogP contribution in [-0.4, -0.2) is 12.7 Å². The molecule has 0 aliphatic heterocycles. The molecule has 1 rings (SSSR count). The summed E-state index contributed by atoms with van der Waals surface area (Å²) in [6, 6.07) is 1.33. The molecule has 0 radical (unpaired) electrons. The summed E-state index contributed by atoms with van der Waals surface area (Å²) in [6.07, 6.45) is -1.33. The minimum Gasteiger partial charge on any atom is -0.472 e. The number of hydrogen-bond donors (Lipinski definition) is 1. The Kier molecular flexibility index (Phi) is 3.44. The molecule has 0 bridgehead atoms. The highest BCUT2D eigenvalue weighted by atomic mass is 19.4. The smallest absolute Gasteiger partial charge is 0.410 e. The van der Waals surface area contributed by atoms with Gasteiger partial charge in [0.15, 0.2) is 0 Å². The summed E-state index contributed by atoms with van der Waals surface area (Å²) >= 11 is 0. The van der Waals surface area contributed by atoms with E-state index in [4.69, 9.17) is 4.42 Å². The van der Waals surface area contributed by atoms with E-state index in [9.17, 15) is 13.2 Å². The average Bonchev–Trinajstić information content (AvgIpc) is 2.65. The average molecular weight is 221 g/mol. The first kappa shape index (κ1) is 12.1. The molecule has 5 heteroatoms. The highest BCUT2D eigenvalue weighted by Gasteiger charge is 2.52. The molecule has 0 spiro atoms. The van der Waals surface area contributed by atoms with Gasteiger partial charge in [-0.1, -0.05) is 6.92 Å². The molecule has 1 aromatic heterocycles. The van der Waals surface area contributed by atoms with Crippen molar-refractivity contribution in [3.8, 4) is 0 Å². The Morgan fingerprint density at radius 1 is 1.40 bits per heavy atom. The zero-order valence-corrected chi connectivity index (χ0v) is 8.69. The van der Waals surface area contributed by atoms with Gasteiger partial charge in [0.25, 0.3) is 0 Å². The number of halogens is 3. The molecule has 0 amide bonds. The van der Waals surface area contributed by atoms with Crippen LogP contribution in [0.3, 0.4) is 0 Å². The van der Waals surface area contributed by atoms with Crippen LogP contribution in [0.15, 0.2) is 23.0 Å². The topological polar surface area (TPSA) is 25.2 Å². The Balaban J connectivity index is 2.97. The van der Waals surface area contributed by atoms with E-state index in [1.54, 1.807) is 0 Å². The minimum atomic E-state index is -4.34. The molecule has 0 aromatic carbocycles. The van der Waals surface area contributed by atoms with Crippen molar-refractivity contribution < 1.29 is 17.6 Å². The van der Waals surface area contributed by atoms with Gasteiger partial charge in [-0.25, -0.2) is 0 Å². The second kappa shape index (κ2) is 4.26.